The second kappa shape index (κ2) is 5.69. The van der Waals surface area contributed by atoms with Crippen LogP contribution in [0.15, 0.2) is 54.9 Å². The van der Waals surface area contributed by atoms with Crippen LogP contribution in [0.4, 0.5) is 0 Å². The summed E-state index contributed by atoms with van der Waals surface area (Å²) in [5.74, 6) is 0.881. The molecule has 3 nitrogen and oxygen atoms in total. The number of nitrogens with zero attached hydrogens (tertiary/aromatic N) is 3. The number of rotatable bonds is 2. The Morgan fingerprint density at radius 1 is 0.875 bits per heavy atom. The topological polar surface area (TPSA) is 22.2 Å². The molecule has 0 aliphatic rings. The lowest BCUT2D eigenvalue weighted by atomic mass is 10.1. The highest BCUT2D eigenvalue weighted by molar-refractivity contribution is 6.42. The molecule has 5 heteroatoms. The van der Waals surface area contributed by atoms with Crippen LogP contribution in [0.25, 0.3) is 28.3 Å². The van der Waals surface area contributed by atoms with Crippen molar-refractivity contribution in [2.45, 2.75) is 6.92 Å². The van der Waals surface area contributed by atoms with E-state index < -0.39 is 0 Å². The van der Waals surface area contributed by atoms with Crippen molar-refractivity contribution in [3.63, 3.8) is 0 Å². The molecule has 0 aliphatic heterocycles. The van der Waals surface area contributed by atoms with Gasteiger partial charge in [0.2, 0.25) is 5.78 Å². The van der Waals surface area contributed by atoms with Crippen molar-refractivity contribution in [2.24, 2.45) is 7.05 Å². The minimum Gasteiger partial charge on any atom is -0.313 e. The number of aromatic nitrogens is 3. The van der Waals surface area contributed by atoms with E-state index in [-0.39, 0.29) is 0 Å². The van der Waals surface area contributed by atoms with Crippen LogP contribution in [0.1, 0.15) is 5.56 Å². The molecular formula is C19H15Cl2N3. The van der Waals surface area contributed by atoms with Crippen molar-refractivity contribution < 1.29 is 0 Å². The molecule has 4 rings (SSSR count). The van der Waals surface area contributed by atoms with E-state index in [1.807, 2.05) is 29.8 Å². The van der Waals surface area contributed by atoms with Gasteiger partial charge in [-0.2, -0.15) is 0 Å². The maximum absolute atomic E-state index is 6.11. The van der Waals surface area contributed by atoms with Crippen molar-refractivity contribution >= 4 is 29.0 Å². The number of imidazole rings is 2. The highest BCUT2D eigenvalue weighted by atomic mass is 35.5. The van der Waals surface area contributed by atoms with Gasteiger partial charge in [-0.3, -0.25) is 4.40 Å². The first-order valence-corrected chi connectivity index (χ1v) is 8.35. The van der Waals surface area contributed by atoms with E-state index in [2.05, 4.69) is 42.0 Å². The summed E-state index contributed by atoms with van der Waals surface area (Å²) < 4.78 is 4.12. The SMILES string of the molecule is Cc1ccc(-c2cn3cc(-c4ccc(Cl)c(Cl)c4)nc3n2C)cc1. The summed E-state index contributed by atoms with van der Waals surface area (Å²) in [4.78, 5) is 4.74. The lowest BCUT2D eigenvalue weighted by Gasteiger charge is -2.03. The van der Waals surface area contributed by atoms with Crippen LogP contribution in [0.3, 0.4) is 0 Å². The summed E-state index contributed by atoms with van der Waals surface area (Å²) in [7, 11) is 2.02. The quantitative estimate of drug-likeness (QED) is 0.457. The Balaban J connectivity index is 1.80. The van der Waals surface area contributed by atoms with E-state index in [0.717, 1.165) is 22.7 Å². The van der Waals surface area contributed by atoms with Gasteiger partial charge in [0, 0.05) is 25.0 Å². The highest BCUT2D eigenvalue weighted by Crippen LogP contribution is 2.29. The van der Waals surface area contributed by atoms with Crippen molar-refractivity contribution in [3.8, 4) is 22.5 Å². The van der Waals surface area contributed by atoms with Crippen LogP contribution in [0.2, 0.25) is 10.0 Å². The van der Waals surface area contributed by atoms with Crippen LogP contribution in [-0.4, -0.2) is 14.0 Å². The van der Waals surface area contributed by atoms with Gasteiger partial charge in [-0.05, 0) is 24.6 Å². The van der Waals surface area contributed by atoms with Crippen molar-refractivity contribution in [1.29, 1.82) is 0 Å². The van der Waals surface area contributed by atoms with Crippen LogP contribution in [0, 0.1) is 6.92 Å². The molecule has 24 heavy (non-hydrogen) atoms. The van der Waals surface area contributed by atoms with Gasteiger partial charge in [-0.1, -0.05) is 59.1 Å². The minimum atomic E-state index is 0.534. The molecule has 0 saturated heterocycles. The number of hydrogen-bond donors (Lipinski definition) is 0. The fraction of sp³-hybridized carbons (Fsp3) is 0.105. The predicted molar refractivity (Wildman–Crippen MR) is 99.8 cm³/mol. The van der Waals surface area contributed by atoms with E-state index in [0.29, 0.717) is 10.0 Å². The molecule has 4 aromatic rings. The fourth-order valence-electron chi connectivity index (χ4n) is 2.84. The Labute approximate surface area is 150 Å². The van der Waals surface area contributed by atoms with Crippen LogP contribution < -0.4 is 0 Å². The third-order valence-corrected chi connectivity index (χ3v) is 4.94. The molecule has 0 fully saturated rings. The smallest absolute Gasteiger partial charge is 0.214 e. The molecule has 2 aromatic heterocycles. The molecule has 120 valence electrons. The van der Waals surface area contributed by atoms with Crippen LogP contribution in [0.5, 0.6) is 0 Å². The molecule has 2 aromatic carbocycles. The first-order chi connectivity index (χ1) is 11.5. The molecule has 0 bridgehead atoms. The van der Waals surface area contributed by atoms with E-state index in [4.69, 9.17) is 28.2 Å². The van der Waals surface area contributed by atoms with Gasteiger partial charge in [0.1, 0.15) is 0 Å². The van der Waals surface area contributed by atoms with E-state index in [1.54, 1.807) is 6.07 Å². The second-order valence-corrected chi connectivity index (χ2v) is 6.72. The monoisotopic (exact) mass is 355 g/mol. The molecule has 2 heterocycles. The number of halogens is 2. The fourth-order valence-corrected chi connectivity index (χ4v) is 3.14. The summed E-state index contributed by atoms with van der Waals surface area (Å²) >= 11 is 12.1. The minimum absolute atomic E-state index is 0.534. The lowest BCUT2D eigenvalue weighted by molar-refractivity contribution is 0.945. The van der Waals surface area contributed by atoms with Gasteiger partial charge >= 0.3 is 0 Å². The van der Waals surface area contributed by atoms with Gasteiger partial charge in [0.05, 0.1) is 21.4 Å². The van der Waals surface area contributed by atoms with E-state index >= 15 is 0 Å². The molecule has 0 aliphatic carbocycles. The Morgan fingerprint density at radius 3 is 2.25 bits per heavy atom. The normalized spacial score (nSPS) is 11.3. The molecule has 0 amide bonds. The van der Waals surface area contributed by atoms with Crippen molar-refractivity contribution in [3.05, 3.63) is 70.5 Å². The molecule has 0 N–H and O–H groups in total. The zero-order valence-electron chi connectivity index (χ0n) is 13.3. The van der Waals surface area contributed by atoms with Gasteiger partial charge in [0.25, 0.3) is 0 Å². The van der Waals surface area contributed by atoms with Crippen molar-refractivity contribution in [2.75, 3.05) is 0 Å². The zero-order valence-corrected chi connectivity index (χ0v) is 14.8. The lowest BCUT2D eigenvalue weighted by Crippen LogP contribution is -1.92. The molecular weight excluding hydrogens is 341 g/mol. The first kappa shape index (κ1) is 15.3. The van der Waals surface area contributed by atoms with Gasteiger partial charge in [-0.25, -0.2) is 4.98 Å². The number of aryl methyl sites for hydroxylation is 2. The highest BCUT2D eigenvalue weighted by Gasteiger charge is 2.13. The Bertz CT molecular complexity index is 1040. The Kier molecular flexibility index (Phi) is 3.63. The standard InChI is InChI=1S/C19H15Cl2N3/c1-12-3-5-13(6-4-12)18-11-24-10-17(22-19(24)23(18)2)14-7-8-15(20)16(21)9-14/h3-11H,1-2H3. The molecule has 0 atom stereocenters. The summed E-state index contributed by atoms with van der Waals surface area (Å²) in [5.41, 5.74) is 5.36. The average Bonchev–Trinajstić information content (AvgIpc) is 3.11. The first-order valence-electron chi connectivity index (χ1n) is 7.60. The molecule has 0 saturated carbocycles. The maximum atomic E-state index is 6.11. The summed E-state index contributed by atoms with van der Waals surface area (Å²) in [6.45, 7) is 2.09. The number of benzene rings is 2. The molecule has 0 unspecified atom stereocenters. The average molecular weight is 356 g/mol. The Morgan fingerprint density at radius 2 is 1.58 bits per heavy atom. The summed E-state index contributed by atoms with van der Waals surface area (Å²) in [6.07, 6.45) is 4.10. The predicted octanol–water partition coefficient (Wildman–Crippen LogP) is 5.62. The number of hydrogen-bond acceptors (Lipinski definition) is 1. The third-order valence-electron chi connectivity index (χ3n) is 4.20. The van der Waals surface area contributed by atoms with Crippen LogP contribution >= 0.6 is 23.2 Å². The van der Waals surface area contributed by atoms with Crippen molar-refractivity contribution in [1.82, 2.24) is 14.0 Å². The maximum Gasteiger partial charge on any atom is 0.214 e. The Hall–Kier alpha value is -2.23. The van der Waals surface area contributed by atoms with Gasteiger partial charge in [0.15, 0.2) is 0 Å². The second-order valence-electron chi connectivity index (χ2n) is 5.90. The zero-order chi connectivity index (χ0) is 16.8. The van der Waals surface area contributed by atoms with Crippen LogP contribution in [-0.2, 0) is 7.05 Å². The summed E-state index contributed by atoms with van der Waals surface area (Å²) in [6, 6.07) is 14.1. The largest absolute Gasteiger partial charge is 0.313 e. The summed E-state index contributed by atoms with van der Waals surface area (Å²) in [5, 5.41) is 1.08. The van der Waals surface area contributed by atoms with Gasteiger partial charge < -0.3 is 4.57 Å². The van der Waals surface area contributed by atoms with Gasteiger partial charge in [-0.15, -0.1) is 0 Å². The van der Waals surface area contributed by atoms with E-state index in [9.17, 15) is 0 Å². The molecule has 0 spiro atoms. The van der Waals surface area contributed by atoms with E-state index in [1.165, 1.54) is 11.1 Å². The third kappa shape index (κ3) is 2.50. The number of fused-ring (bicyclic) bond motifs is 1. The molecule has 0 radical (unpaired) electrons.